The summed E-state index contributed by atoms with van der Waals surface area (Å²) < 4.78 is 50.8. The highest BCUT2D eigenvalue weighted by Crippen LogP contribution is 2.33. The van der Waals surface area contributed by atoms with Crippen LogP contribution in [0.15, 0.2) is 102 Å². The fraction of sp³-hybridized carbons (Fsp3) is 0.107. The lowest BCUT2D eigenvalue weighted by Gasteiger charge is -2.19. The van der Waals surface area contributed by atoms with Gasteiger partial charge in [0.25, 0.3) is 10.0 Å². The molecular weight excluding hydrogens is 494 g/mol. The van der Waals surface area contributed by atoms with Crippen molar-refractivity contribution in [3.63, 3.8) is 0 Å². The number of hydrogen-bond donors (Lipinski definition) is 1. The molecule has 4 aromatic rings. The summed E-state index contributed by atoms with van der Waals surface area (Å²) in [4.78, 5) is 12.9. The van der Waals surface area contributed by atoms with Crippen LogP contribution < -0.4 is 18.9 Å². The van der Waals surface area contributed by atoms with Crippen LogP contribution in [0.2, 0.25) is 0 Å². The highest BCUT2D eigenvalue weighted by Gasteiger charge is 2.22. The molecule has 0 saturated carbocycles. The third-order valence-electron chi connectivity index (χ3n) is 5.46. The van der Waals surface area contributed by atoms with Crippen LogP contribution in [0.1, 0.15) is 15.9 Å². The van der Waals surface area contributed by atoms with E-state index in [0.717, 1.165) is 5.56 Å². The number of benzene rings is 4. The number of sulfonamides is 1. The zero-order valence-electron chi connectivity index (χ0n) is 19.6. The third kappa shape index (κ3) is 5.84. The molecule has 1 heterocycles. The average molecular weight is 518 g/mol. The first kappa shape index (κ1) is 24.2. The predicted molar refractivity (Wildman–Crippen MR) is 137 cm³/mol. The number of ether oxygens (including phenoxy) is 4. The molecule has 4 aromatic carbocycles. The van der Waals surface area contributed by atoms with Crippen molar-refractivity contribution in [2.45, 2.75) is 11.5 Å². The zero-order chi connectivity index (χ0) is 25.7. The normalized spacial score (nSPS) is 12.4. The van der Waals surface area contributed by atoms with E-state index in [1.54, 1.807) is 36.4 Å². The van der Waals surface area contributed by atoms with E-state index in [2.05, 4.69) is 4.72 Å². The van der Waals surface area contributed by atoms with Gasteiger partial charge in [0.15, 0.2) is 11.5 Å². The van der Waals surface area contributed by atoms with E-state index in [4.69, 9.17) is 18.9 Å². The first-order valence-electron chi connectivity index (χ1n) is 11.5. The van der Waals surface area contributed by atoms with Gasteiger partial charge in [-0.25, -0.2) is 13.2 Å². The van der Waals surface area contributed by atoms with Gasteiger partial charge >= 0.3 is 5.97 Å². The van der Waals surface area contributed by atoms with E-state index >= 15 is 0 Å². The summed E-state index contributed by atoms with van der Waals surface area (Å²) >= 11 is 0. The van der Waals surface area contributed by atoms with Crippen LogP contribution in [-0.4, -0.2) is 27.6 Å². The number of carbonyl (C=O) groups excluding carboxylic acids is 1. The van der Waals surface area contributed by atoms with Crippen LogP contribution >= 0.6 is 0 Å². The number of carbonyl (C=O) groups is 1. The van der Waals surface area contributed by atoms with Gasteiger partial charge in [0, 0.05) is 6.07 Å². The van der Waals surface area contributed by atoms with Crippen molar-refractivity contribution < 1.29 is 32.2 Å². The quantitative estimate of drug-likeness (QED) is 0.312. The van der Waals surface area contributed by atoms with Gasteiger partial charge in [-0.15, -0.1) is 0 Å². The minimum atomic E-state index is -4.02. The molecule has 37 heavy (non-hydrogen) atoms. The lowest BCUT2D eigenvalue weighted by Crippen LogP contribution is -2.18. The molecule has 0 aromatic heterocycles. The van der Waals surface area contributed by atoms with Gasteiger partial charge in [-0.3, -0.25) is 4.72 Å². The lowest BCUT2D eigenvalue weighted by molar-refractivity contribution is 0.0473. The Kier molecular flexibility index (Phi) is 6.96. The number of rotatable bonds is 8. The minimum absolute atomic E-state index is 0.0184. The topological polar surface area (TPSA) is 100 Å². The molecular formula is C28H23NO7S. The Morgan fingerprint density at radius 2 is 1.51 bits per heavy atom. The van der Waals surface area contributed by atoms with E-state index in [-0.39, 0.29) is 22.8 Å². The molecule has 0 bridgehead atoms. The largest absolute Gasteiger partial charge is 0.486 e. The predicted octanol–water partition coefficient (Wildman–Crippen LogP) is 5.41. The Morgan fingerprint density at radius 1 is 0.784 bits per heavy atom. The van der Waals surface area contributed by atoms with Crippen molar-refractivity contribution in [3.05, 3.63) is 108 Å². The maximum Gasteiger partial charge on any atom is 0.340 e. The van der Waals surface area contributed by atoms with E-state index in [0.29, 0.717) is 36.2 Å². The SMILES string of the molecule is O=C(OCc1cccc(Oc2ccccc2)c1)c1ccccc1NS(=O)(=O)c1ccc2c(c1)OCCO2. The summed E-state index contributed by atoms with van der Waals surface area (Å²) in [6.45, 7) is 0.713. The van der Waals surface area contributed by atoms with Gasteiger partial charge < -0.3 is 18.9 Å². The Labute approximate surface area is 214 Å². The van der Waals surface area contributed by atoms with Crippen LogP contribution in [0.25, 0.3) is 0 Å². The summed E-state index contributed by atoms with van der Waals surface area (Å²) in [6, 6.07) is 27.1. The smallest absolute Gasteiger partial charge is 0.340 e. The lowest BCUT2D eigenvalue weighted by atomic mass is 10.2. The maximum atomic E-state index is 13.1. The van der Waals surface area contributed by atoms with Crippen molar-refractivity contribution in [1.82, 2.24) is 0 Å². The van der Waals surface area contributed by atoms with Crippen molar-refractivity contribution >= 4 is 21.7 Å². The third-order valence-corrected chi connectivity index (χ3v) is 6.83. The second kappa shape index (κ2) is 10.6. The van der Waals surface area contributed by atoms with Crippen molar-refractivity contribution in [2.24, 2.45) is 0 Å². The van der Waals surface area contributed by atoms with Crippen LogP contribution in [0.3, 0.4) is 0 Å². The van der Waals surface area contributed by atoms with E-state index in [1.807, 2.05) is 36.4 Å². The number of nitrogens with one attached hydrogen (secondary N) is 1. The Hall–Kier alpha value is -4.50. The van der Waals surface area contributed by atoms with Gasteiger partial charge in [0.05, 0.1) is 16.1 Å². The van der Waals surface area contributed by atoms with Gasteiger partial charge in [0.2, 0.25) is 0 Å². The molecule has 0 saturated heterocycles. The average Bonchev–Trinajstić information content (AvgIpc) is 2.92. The molecule has 1 N–H and O–H groups in total. The Morgan fingerprint density at radius 3 is 2.35 bits per heavy atom. The van der Waals surface area contributed by atoms with E-state index in [1.165, 1.54) is 24.3 Å². The molecule has 0 radical (unpaired) electrons. The van der Waals surface area contributed by atoms with Gasteiger partial charge in [-0.05, 0) is 54.1 Å². The van der Waals surface area contributed by atoms with Gasteiger partial charge in [-0.2, -0.15) is 0 Å². The van der Waals surface area contributed by atoms with Crippen LogP contribution in [0.4, 0.5) is 5.69 Å². The number of para-hydroxylation sites is 2. The fourth-order valence-electron chi connectivity index (χ4n) is 3.69. The number of hydrogen-bond acceptors (Lipinski definition) is 7. The molecule has 0 aliphatic carbocycles. The molecule has 0 atom stereocenters. The zero-order valence-corrected chi connectivity index (χ0v) is 20.4. The Balaban J connectivity index is 1.28. The van der Waals surface area contributed by atoms with E-state index < -0.39 is 16.0 Å². The highest BCUT2D eigenvalue weighted by molar-refractivity contribution is 7.92. The summed E-state index contributed by atoms with van der Waals surface area (Å²) in [5.41, 5.74) is 0.903. The molecule has 1 aliphatic heterocycles. The molecule has 1 aliphatic rings. The minimum Gasteiger partial charge on any atom is -0.486 e. The second-order valence-corrected chi connectivity index (χ2v) is 9.78. The summed E-state index contributed by atoms with van der Waals surface area (Å²) in [5, 5.41) is 0. The first-order chi connectivity index (χ1) is 18.0. The van der Waals surface area contributed by atoms with Crippen molar-refractivity contribution in [1.29, 1.82) is 0 Å². The molecule has 9 heteroatoms. The molecule has 5 rings (SSSR count). The number of esters is 1. The summed E-state index contributed by atoms with van der Waals surface area (Å²) in [6.07, 6.45) is 0. The van der Waals surface area contributed by atoms with Crippen LogP contribution in [0, 0.1) is 0 Å². The summed E-state index contributed by atoms with van der Waals surface area (Å²) in [7, 11) is -4.02. The fourth-order valence-corrected chi connectivity index (χ4v) is 4.79. The maximum absolute atomic E-state index is 13.1. The van der Waals surface area contributed by atoms with Crippen molar-refractivity contribution in [3.8, 4) is 23.0 Å². The standard InChI is InChI=1S/C28H23NO7S/c30-28(35-19-20-7-6-10-22(17-20)36-21-8-2-1-3-9-21)24-11-4-5-12-25(24)29-37(31,32)23-13-14-26-27(18-23)34-16-15-33-26/h1-14,17-18,29H,15-16,19H2. The molecule has 0 fully saturated rings. The van der Waals surface area contributed by atoms with Gasteiger partial charge in [0.1, 0.15) is 31.3 Å². The van der Waals surface area contributed by atoms with Crippen molar-refractivity contribution in [2.75, 3.05) is 17.9 Å². The first-order valence-corrected chi connectivity index (χ1v) is 13.0. The second-order valence-electron chi connectivity index (χ2n) is 8.10. The van der Waals surface area contributed by atoms with Crippen LogP contribution in [-0.2, 0) is 21.4 Å². The van der Waals surface area contributed by atoms with E-state index in [9.17, 15) is 13.2 Å². The molecule has 0 spiro atoms. The molecule has 188 valence electrons. The molecule has 0 unspecified atom stereocenters. The molecule has 0 amide bonds. The highest BCUT2D eigenvalue weighted by atomic mass is 32.2. The Bertz CT molecular complexity index is 1520. The number of anilines is 1. The van der Waals surface area contributed by atoms with Crippen LogP contribution in [0.5, 0.6) is 23.0 Å². The molecule has 8 nitrogen and oxygen atoms in total. The monoisotopic (exact) mass is 517 g/mol. The summed E-state index contributed by atoms with van der Waals surface area (Å²) in [5.74, 6) is 1.45. The van der Waals surface area contributed by atoms with Gasteiger partial charge in [-0.1, -0.05) is 42.5 Å². The number of fused-ring (bicyclic) bond motifs is 1.